The van der Waals surface area contributed by atoms with Gasteiger partial charge in [-0.25, -0.2) is 9.97 Å². The van der Waals surface area contributed by atoms with E-state index in [4.69, 9.17) is 23.9 Å². The molecule has 2 atom stereocenters. The van der Waals surface area contributed by atoms with Crippen molar-refractivity contribution in [2.24, 2.45) is 5.92 Å². The Labute approximate surface area is 213 Å². The van der Waals surface area contributed by atoms with E-state index in [1.165, 1.54) is 0 Å². The van der Waals surface area contributed by atoms with Gasteiger partial charge in [0.15, 0.2) is 11.5 Å². The Bertz CT molecular complexity index is 1220. The lowest BCUT2D eigenvalue weighted by atomic mass is 10.0. The van der Waals surface area contributed by atoms with Gasteiger partial charge < -0.3 is 28.8 Å². The van der Waals surface area contributed by atoms with Gasteiger partial charge in [-0.05, 0) is 37.2 Å². The van der Waals surface area contributed by atoms with Crippen LogP contribution in [0.2, 0.25) is 25.7 Å². The molecule has 10 heteroatoms. The second-order valence-electron chi connectivity index (χ2n) is 10.4. The number of methoxy groups -OCH3 is 2. The Hall–Kier alpha value is -3.11. The van der Waals surface area contributed by atoms with Gasteiger partial charge in [-0.3, -0.25) is 4.79 Å². The second kappa shape index (κ2) is 10.9. The predicted molar refractivity (Wildman–Crippen MR) is 141 cm³/mol. The molecule has 1 saturated heterocycles. The summed E-state index contributed by atoms with van der Waals surface area (Å²) in [5.74, 6) is 1.85. The van der Waals surface area contributed by atoms with Gasteiger partial charge in [-0.1, -0.05) is 19.6 Å². The minimum absolute atomic E-state index is 0.0495. The zero-order valence-electron chi connectivity index (χ0n) is 22.0. The van der Waals surface area contributed by atoms with E-state index >= 15 is 0 Å². The number of benzene rings is 1. The smallest absolute Gasteiger partial charge is 0.241 e. The fraction of sp³-hybridized carbons (Fsp3) is 0.500. The third-order valence-corrected chi connectivity index (χ3v) is 8.14. The molecule has 0 saturated carbocycles. The highest BCUT2D eigenvalue weighted by Crippen LogP contribution is 2.35. The van der Waals surface area contributed by atoms with Gasteiger partial charge in [-0.2, -0.15) is 0 Å². The number of rotatable bonds is 11. The molecule has 1 fully saturated rings. The van der Waals surface area contributed by atoms with E-state index in [9.17, 15) is 4.79 Å². The highest BCUT2D eigenvalue weighted by Gasteiger charge is 2.29. The predicted octanol–water partition coefficient (Wildman–Crippen LogP) is 4.33. The summed E-state index contributed by atoms with van der Waals surface area (Å²) in [5, 5.41) is 2.89. The maximum absolute atomic E-state index is 11.8. The van der Waals surface area contributed by atoms with Crippen LogP contribution in [0, 0.1) is 5.92 Å². The number of amides is 1. The maximum atomic E-state index is 11.8. The number of nitrogens with zero attached hydrogens (tertiary/aromatic N) is 3. The van der Waals surface area contributed by atoms with Gasteiger partial charge in [0.25, 0.3) is 0 Å². The Morgan fingerprint density at radius 3 is 2.61 bits per heavy atom. The van der Waals surface area contributed by atoms with Gasteiger partial charge in [-0.15, -0.1) is 0 Å². The molecule has 4 rings (SSSR count). The molecular weight excluding hydrogens is 476 g/mol. The molecule has 1 unspecified atom stereocenters. The molecule has 1 amide bonds. The van der Waals surface area contributed by atoms with Crippen LogP contribution >= 0.6 is 0 Å². The first-order valence-corrected chi connectivity index (χ1v) is 16.0. The zero-order valence-corrected chi connectivity index (χ0v) is 23.0. The molecule has 3 aromatic rings. The molecule has 1 aliphatic heterocycles. The average Bonchev–Trinajstić information content (AvgIpc) is 3.47. The SMILES string of the molecule is COc1ccc(-c2cc3ncn(COCC[Si](C)(C)C)c3c(O[C@H](C)C3CNC(=O)C3)n2)cc1OC. The summed E-state index contributed by atoms with van der Waals surface area (Å²) in [5.41, 5.74) is 3.09. The van der Waals surface area contributed by atoms with E-state index < -0.39 is 8.07 Å². The summed E-state index contributed by atoms with van der Waals surface area (Å²) < 4.78 is 25.2. The van der Waals surface area contributed by atoms with Crippen molar-refractivity contribution in [3.05, 3.63) is 30.6 Å². The van der Waals surface area contributed by atoms with Crippen molar-refractivity contribution >= 4 is 25.0 Å². The van der Waals surface area contributed by atoms with Gasteiger partial charge in [0.2, 0.25) is 11.8 Å². The van der Waals surface area contributed by atoms with Crippen molar-refractivity contribution in [3.8, 4) is 28.6 Å². The summed E-state index contributed by atoms with van der Waals surface area (Å²) in [7, 11) is 2.03. The van der Waals surface area contributed by atoms with Crippen molar-refractivity contribution in [2.45, 2.75) is 51.9 Å². The molecule has 0 bridgehead atoms. The monoisotopic (exact) mass is 512 g/mol. The maximum Gasteiger partial charge on any atom is 0.241 e. The van der Waals surface area contributed by atoms with Crippen molar-refractivity contribution < 1.29 is 23.7 Å². The standard InChI is InChI=1S/C26H36N4O5Si/c1-17(19-12-24(31)27-14-19)35-26-25-21(28-15-30(25)16-34-9-10-36(4,5)6)13-20(29-26)18-7-8-22(32-2)23(11-18)33-3/h7-8,11,13,15,17,19H,9-10,12,14,16H2,1-6H3,(H,27,31)/t17-,19?/m1/s1. The Balaban J connectivity index is 1.68. The third kappa shape index (κ3) is 5.99. The van der Waals surface area contributed by atoms with Crippen LogP contribution in [0.3, 0.4) is 0 Å². The number of imidazole rings is 1. The average molecular weight is 513 g/mol. The molecule has 0 aliphatic carbocycles. The second-order valence-corrected chi connectivity index (χ2v) is 16.0. The largest absolute Gasteiger partial charge is 0.493 e. The Morgan fingerprint density at radius 2 is 1.94 bits per heavy atom. The summed E-state index contributed by atoms with van der Waals surface area (Å²) in [6.07, 6.45) is 1.99. The van der Waals surface area contributed by atoms with Crippen LogP contribution in [0.5, 0.6) is 17.4 Å². The number of ether oxygens (including phenoxy) is 4. The van der Waals surface area contributed by atoms with E-state index in [-0.39, 0.29) is 17.9 Å². The molecule has 0 spiro atoms. The summed E-state index contributed by atoms with van der Waals surface area (Å²) >= 11 is 0. The van der Waals surface area contributed by atoms with Gasteiger partial charge >= 0.3 is 0 Å². The van der Waals surface area contributed by atoms with E-state index in [1.807, 2.05) is 35.8 Å². The van der Waals surface area contributed by atoms with E-state index in [0.29, 0.717) is 49.4 Å². The van der Waals surface area contributed by atoms with Crippen LogP contribution in [0.4, 0.5) is 0 Å². The lowest BCUT2D eigenvalue weighted by Crippen LogP contribution is -2.26. The summed E-state index contributed by atoms with van der Waals surface area (Å²) in [6, 6.07) is 8.69. The van der Waals surface area contributed by atoms with Crippen LogP contribution in [0.25, 0.3) is 22.3 Å². The number of carbonyl (C=O) groups is 1. The van der Waals surface area contributed by atoms with Crippen LogP contribution in [-0.2, 0) is 16.3 Å². The minimum Gasteiger partial charge on any atom is -0.493 e. The van der Waals surface area contributed by atoms with Gasteiger partial charge in [0.05, 0.1) is 31.8 Å². The molecule has 9 nitrogen and oxygen atoms in total. The van der Waals surface area contributed by atoms with E-state index in [2.05, 4.69) is 29.9 Å². The van der Waals surface area contributed by atoms with Crippen LogP contribution in [-0.4, -0.2) is 62.0 Å². The fourth-order valence-electron chi connectivity index (χ4n) is 4.16. The van der Waals surface area contributed by atoms with Gasteiger partial charge in [0.1, 0.15) is 18.4 Å². The van der Waals surface area contributed by atoms with Crippen molar-refractivity contribution in [3.63, 3.8) is 0 Å². The van der Waals surface area contributed by atoms with Gasteiger partial charge in [0, 0.05) is 39.1 Å². The normalized spacial score (nSPS) is 16.7. The first-order chi connectivity index (χ1) is 17.2. The van der Waals surface area contributed by atoms with Crippen LogP contribution in [0.1, 0.15) is 13.3 Å². The summed E-state index contributed by atoms with van der Waals surface area (Å²) in [4.78, 5) is 21.3. The molecule has 36 heavy (non-hydrogen) atoms. The number of fused-ring (bicyclic) bond motifs is 1. The van der Waals surface area contributed by atoms with Crippen molar-refractivity contribution in [1.82, 2.24) is 19.9 Å². The van der Waals surface area contributed by atoms with E-state index in [0.717, 1.165) is 22.6 Å². The first kappa shape index (κ1) is 26.0. The first-order valence-electron chi connectivity index (χ1n) is 12.3. The zero-order chi connectivity index (χ0) is 25.9. The van der Waals surface area contributed by atoms with Crippen LogP contribution in [0.15, 0.2) is 30.6 Å². The molecule has 1 N–H and O–H groups in total. The molecule has 194 valence electrons. The minimum atomic E-state index is -1.19. The third-order valence-electron chi connectivity index (χ3n) is 6.44. The highest BCUT2D eigenvalue weighted by atomic mass is 28.3. The number of aromatic nitrogens is 3. The number of carbonyl (C=O) groups excluding carboxylic acids is 1. The van der Waals surface area contributed by atoms with Crippen molar-refractivity contribution in [2.75, 3.05) is 27.4 Å². The van der Waals surface area contributed by atoms with Crippen LogP contribution < -0.4 is 19.5 Å². The van der Waals surface area contributed by atoms with E-state index in [1.54, 1.807) is 20.5 Å². The molecule has 1 aromatic carbocycles. The van der Waals surface area contributed by atoms with Crippen molar-refractivity contribution in [1.29, 1.82) is 0 Å². The number of hydrogen-bond acceptors (Lipinski definition) is 7. The number of hydrogen-bond donors (Lipinski definition) is 1. The lowest BCUT2D eigenvalue weighted by Gasteiger charge is -2.21. The fourth-order valence-corrected chi connectivity index (χ4v) is 4.91. The molecular formula is C26H36N4O5Si. The summed E-state index contributed by atoms with van der Waals surface area (Å²) in [6.45, 7) is 10.6. The molecule has 0 radical (unpaired) electrons. The molecule has 3 heterocycles. The Morgan fingerprint density at radius 1 is 1.17 bits per heavy atom. The lowest BCUT2D eigenvalue weighted by molar-refractivity contribution is -0.119. The number of pyridine rings is 1. The Kier molecular flexibility index (Phi) is 7.84. The highest BCUT2D eigenvalue weighted by molar-refractivity contribution is 6.76. The quantitative estimate of drug-likeness (QED) is 0.302. The number of nitrogens with one attached hydrogen (secondary N) is 1. The topological polar surface area (TPSA) is 96.7 Å². The molecule has 2 aromatic heterocycles. The molecule has 1 aliphatic rings.